The Morgan fingerprint density at radius 3 is 1.50 bits per heavy atom. The van der Waals surface area contributed by atoms with Crippen LogP contribution in [0.1, 0.15) is 73.6 Å². The highest BCUT2D eigenvalue weighted by Crippen LogP contribution is 2.29. The molecule has 0 heterocycles. The van der Waals surface area contributed by atoms with Crippen LogP contribution in [0.5, 0.6) is 0 Å². The van der Waals surface area contributed by atoms with E-state index in [1.54, 1.807) is 43.3 Å². The molecule has 0 spiro atoms. The first-order chi connectivity index (χ1) is 20.0. The van der Waals surface area contributed by atoms with Gasteiger partial charge in [0.05, 0.1) is 17.7 Å². The van der Waals surface area contributed by atoms with Gasteiger partial charge >= 0.3 is 24.1 Å². The lowest BCUT2D eigenvalue weighted by Gasteiger charge is -2.20. The number of halogens is 3. The van der Waals surface area contributed by atoms with Crippen molar-refractivity contribution >= 4 is 17.9 Å². The van der Waals surface area contributed by atoms with Gasteiger partial charge in [0, 0.05) is 0 Å². The van der Waals surface area contributed by atoms with Crippen LogP contribution in [0.3, 0.4) is 0 Å². The Kier molecular flexibility index (Phi) is 11.7. The van der Waals surface area contributed by atoms with Crippen molar-refractivity contribution in [1.82, 2.24) is 0 Å². The van der Waals surface area contributed by atoms with Crippen LogP contribution in [0.2, 0.25) is 0 Å². The highest BCUT2D eigenvalue weighted by atomic mass is 19.4. The van der Waals surface area contributed by atoms with Crippen LogP contribution in [-0.2, 0) is 19.0 Å². The van der Waals surface area contributed by atoms with Gasteiger partial charge in [0.15, 0.2) is 12.2 Å². The molecular weight excluding hydrogens is 549 g/mol. The minimum absolute atomic E-state index is 0.0495. The number of ether oxygens (including phenoxy) is 3. The molecule has 3 aromatic rings. The van der Waals surface area contributed by atoms with E-state index in [1.807, 2.05) is 31.2 Å². The van der Waals surface area contributed by atoms with Gasteiger partial charge in [0.2, 0.25) is 0 Å². The minimum Gasteiger partial charge on any atom is -0.463 e. The fourth-order valence-corrected chi connectivity index (χ4v) is 4.23. The second-order valence-electron chi connectivity index (χ2n) is 9.82. The Morgan fingerprint density at radius 1 is 0.667 bits per heavy atom. The summed E-state index contributed by atoms with van der Waals surface area (Å²) < 4.78 is 55.0. The molecule has 3 rings (SSSR count). The normalized spacial score (nSPS) is 12.7. The summed E-state index contributed by atoms with van der Waals surface area (Å²) in [7, 11) is 0. The average Bonchev–Trinajstić information content (AvgIpc) is 2.98. The van der Waals surface area contributed by atoms with Crippen LogP contribution in [0, 0.1) is 0 Å². The Balaban J connectivity index is 1.62. The molecule has 0 saturated carbocycles. The second kappa shape index (κ2) is 15.2. The van der Waals surface area contributed by atoms with Crippen molar-refractivity contribution in [1.29, 1.82) is 0 Å². The van der Waals surface area contributed by atoms with Gasteiger partial charge in [0.1, 0.15) is 0 Å². The molecule has 6 nitrogen and oxygen atoms in total. The van der Waals surface area contributed by atoms with Crippen molar-refractivity contribution in [3.8, 4) is 22.3 Å². The number of hydrogen-bond acceptors (Lipinski definition) is 6. The van der Waals surface area contributed by atoms with E-state index in [9.17, 15) is 27.6 Å². The van der Waals surface area contributed by atoms with E-state index >= 15 is 0 Å². The molecule has 2 atom stereocenters. The van der Waals surface area contributed by atoms with Crippen LogP contribution >= 0.6 is 0 Å². The second-order valence-corrected chi connectivity index (χ2v) is 9.82. The molecule has 0 unspecified atom stereocenters. The summed E-state index contributed by atoms with van der Waals surface area (Å²) in [4.78, 5) is 36.5. The average molecular weight is 585 g/mol. The first-order valence-corrected chi connectivity index (χ1v) is 14.0. The van der Waals surface area contributed by atoms with Gasteiger partial charge in [0.25, 0.3) is 0 Å². The Morgan fingerprint density at radius 2 is 1.10 bits per heavy atom. The van der Waals surface area contributed by atoms with E-state index in [0.29, 0.717) is 18.4 Å². The number of carbonyl (C=O) groups excluding carboxylic acids is 3. The molecule has 42 heavy (non-hydrogen) atoms. The van der Waals surface area contributed by atoms with Crippen LogP contribution in [-0.4, -0.2) is 42.9 Å². The first kappa shape index (κ1) is 32.4. The Labute approximate surface area is 243 Å². The standard InChI is InChI=1S/C33H35F3O6/c1-4-6-7-8-9-29(33(34,35)36)42-32(39)28-20-16-26(17-21-28)24-12-10-23(11-13-24)25-14-18-27(19-15-25)31(38)41-22(3)30(37)40-5-2/h10-22,29H,4-9H2,1-3H3/t22-,29-/m0/s1. The lowest BCUT2D eigenvalue weighted by molar-refractivity contribution is -0.206. The van der Waals surface area contributed by atoms with Gasteiger partial charge in [-0.15, -0.1) is 0 Å². The lowest BCUT2D eigenvalue weighted by Crippen LogP contribution is -2.33. The zero-order valence-electron chi connectivity index (χ0n) is 23.9. The van der Waals surface area contributed by atoms with Gasteiger partial charge in [-0.3, -0.25) is 0 Å². The zero-order chi connectivity index (χ0) is 30.7. The third-order valence-electron chi connectivity index (χ3n) is 6.63. The van der Waals surface area contributed by atoms with Crippen molar-refractivity contribution < 1.29 is 41.8 Å². The quantitative estimate of drug-likeness (QED) is 0.115. The van der Waals surface area contributed by atoms with E-state index < -0.39 is 36.3 Å². The topological polar surface area (TPSA) is 78.9 Å². The molecule has 0 fully saturated rings. The number of hydrogen-bond donors (Lipinski definition) is 0. The lowest BCUT2D eigenvalue weighted by atomic mass is 9.99. The molecule has 0 aliphatic carbocycles. The molecule has 3 aromatic carbocycles. The Bertz CT molecular complexity index is 1320. The number of benzene rings is 3. The summed E-state index contributed by atoms with van der Waals surface area (Å²) in [6, 6.07) is 20.5. The molecule has 0 N–H and O–H groups in total. The Hall–Kier alpha value is -4.14. The third-order valence-corrected chi connectivity index (χ3v) is 6.63. The van der Waals surface area contributed by atoms with Gasteiger partial charge < -0.3 is 14.2 Å². The van der Waals surface area contributed by atoms with Gasteiger partial charge in [-0.1, -0.05) is 74.7 Å². The number of unbranched alkanes of at least 4 members (excludes halogenated alkanes) is 3. The molecule has 0 aromatic heterocycles. The molecule has 0 saturated heterocycles. The highest BCUT2D eigenvalue weighted by molar-refractivity contribution is 5.92. The summed E-state index contributed by atoms with van der Waals surface area (Å²) in [5.41, 5.74) is 3.70. The van der Waals surface area contributed by atoms with Crippen LogP contribution in [0.25, 0.3) is 22.3 Å². The van der Waals surface area contributed by atoms with Crippen molar-refractivity contribution in [2.45, 2.75) is 71.3 Å². The molecule has 224 valence electrons. The predicted molar refractivity (Wildman–Crippen MR) is 153 cm³/mol. The van der Waals surface area contributed by atoms with Crippen molar-refractivity contribution in [3.05, 3.63) is 83.9 Å². The largest absolute Gasteiger partial charge is 0.463 e. The predicted octanol–water partition coefficient (Wildman–Crippen LogP) is 8.19. The number of alkyl halides is 3. The SMILES string of the molecule is CCCCCC[C@H](OC(=O)c1ccc(-c2ccc(-c3ccc(C(=O)O[C@@H](C)C(=O)OCC)cc3)cc2)cc1)C(F)(F)F. The van der Waals surface area contributed by atoms with E-state index in [2.05, 4.69) is 0 Å². The van der Waals surface area contributed by atoms with E-state index in [0.717, 1.165) is 35.1 Å². The smallest absolute Gasteiger partial charge is 0.425 e. The number of rotatable bonds is 13. The van der Waals surface area contributed by atoms with Crippen molar-refractivity contribution in [2.75, 3.05) is 6.61 Å². The highest BCUT2D eigenvalue weighted by Gasteiger charge is 2.42. The maximum Gasteiger partial charge on any atom is 0.425 e. The van der Waals surface area contributed by atoms with Gasteiger partial charge in [-0.2, -0.15) is 13.2 Å². The molecule has 0 aliphatic rings. The van der Waals surface area contributed by atoms with Crippen LogP contribution in [0.15, 0.2) is 72.8 Å². The molecule has 0 bridgehead atoms. The van der Waals surface area contributed by atoms with Crippen molar-refractivity contribution in [3.63, 3.8) is 0 Å². The number of carbonyl (C=O) groups is 3. The van der Waals surface area contributed by atoms with Gasteiger partial charge in [-0.05, 0) is 73.2 Å². The fourth-order valence-electron chi connectivity index (χ4n) is 4.23. The van der Waals surface area contributed by atoms with E-state index in [4.69, 9.17) is 14.2 Å². The summed E-state index contributed by atoms with van der Waals surface area (Å²) in [5.74, 6) is -2.25. The fraction of sp³-hybridized carbons (Fsp3) is 0.364. The summed E-state index contributed by atoms with van der Waals surface area (Å²) in [5, 5.41) is 0. The summed E-state index contributed by atoms with van der Waals surface area (Å²) in [6.07, 6.45) is -5.26. The van der Waals surface area contributed by atoms with Crippen LogP contribution in [0.4, 0.5) is 13.2 Å². The van der Waals surface area contributed by atoms with Crippen LogP contribution < -0.4 is 0 Å². The maximum atomic E-state index is 13.4. The minimum atomic E-state index is -4.62. The van der Waals surface area contributed by atoms with E-state index in [1.165, 1.54) is 19.1 Å². The summed E-state index contributed by atoms with van der Waals surface area (Å²) in [6.45, 7) is 5.28. The zero-order valence-corrected chi connectivity index (χ0v) is 23.9. The molecular formula is C33H35F3O6. The van der Waals surface area contributed by atoms with Gasteiger partial charge in [-0.25, -0.2) is 14.4 Å². The van der Waals surface area contributed by atoms with E-state index in [-0.39, 0.29) is 18.6 Å². The summed E-state index contributed by atoms with van der Waals surface area (Å²) >= 11 is 0. The number of esters is 3. The molecule has 0 amide bonds. The monoisotopic (exact) mass is 584 g/mol. The molecule has 0 aliphatic heterocycles. The molecule has 9 heteroatoms. The molecule has 0 radical (unpaired) electrons. The maximum absolute atomic E-state index is 13.4. The first-order valence-electron chi connectivity index (χ1n) is 14.0. The third kappa shape index (κ3) is 9.19. The van der Waals surface area contributed by atoms with Crippen molar-refractivity contribution in [2.24, 2.45) is 0 Å².